The Morgan fingerprint density at radius 2 is 1.18 bits per heavy atom. The number of aryl methyl sites for hydroxylation is 1. The number of hydrogen-bond donors (Lipinski definition) is 0. The van der Waals surface area contributed by atoms with E-state index in [1.165, 1.54) is 76.6 Å². The molecule has 6 aromatic rings. The molecule has 0 aliphatic heterocycles. The van der Waals surface area contributed by atoms with Crippen molar-refractivity contribution in [2.75, 3.05) is 0 Å². The molecule has 4 aromatic carbocycles. The van der Waals surface area contributed by atoms with Gasteiger partial charge in [-0.05, 0) is 74.8 Å². The van der Waals surface area contributed by atoms with Gasteiger partial charge in [0.05, 0.1) is 0 Å². The number of thiophene rings is 2. The SMILES string of the molecule is CCCCc1cc2c(ccc3c2ccc2c4ccc5sccc5c4ccc32)s1. The maximum absolute atomic E-state index is 2.43. The summed E-state index contributed by atoms with van der Waals surface area (Å²) in [7, 11) is 0. The van der Waals surface area contributed by atoms with Crippen LogP contribution in [0.2, 0.25) is 0 Å². The van der Waals surface area contributed by atoms with Crippen LogP contribution in [0.1, 0.15) is 24.6 Å². The predicted molar refractivity (Wildman–Crippen MR) is 128 cm³/mol. The van der Waals surface area contributed by atoms with Crippen molar-refractivity contribution in [1.82, 2.24) is 0 Å². The van der Waals surface area contributed by atoms with Crippen LogP contribution in [-0.2, 0) is 6.42 Å². The largest absolute Gasteiger partial charge is 0.144 e. The highest BCUT2D eigenvalue weighted by molar-refractivity contribution is 7.19. The van der Waals surface area contributed by atoms with Crippen LogP contribution >= 0.6 is 22.7 Å². The normalized spacial score (nSPS) is 12.2. The second-order valence-electron chi connectivity index (χ2n) is 7.61. The van der Waals surface area contributed by atoms with E-state index in [4.69, 9.17) is 0 Å². The first-order valence-electron chi connectivity index (χ1n) is 10.0. The van der Waals surface area contributed by atoms with E-state index in [1.807, 2.05) is 22.7 Å². The highest BCUT2D eigenvalue weighted by Crippen LogP contribution is 2.39. The third kappa shape index (κ3) is 2.35. The second kappa shape index (κ2) is 6.30. The monoisotopic (exact) mass is 396 g/mol. The number of fused-ring (bicyclic) bond motifs is 9. The van der Waals surface area contributed by atoms with Crippen molar-refractivity contribution in [3.63, 3.8) is 0 Å². The van der Waals surface area contributed by atoms with Crippen LogP contribution in [0.4, 0.5) is 0 Å². The van der Waals surface area contributed by atoms with Gasteiger partial charge in [0.15, 0.2) is 0 Å². The lowest BCUT2D eigenvalue weighted by Crippen LogP contribution is -1.82. The Morgan fingerprint density at radius 3 is 1.86 bits per heavy atom. The molecule has 0 aliphatic rings. The molecular weight excluding hydrogens is 376 g/mol. The Kier molecular flexibility index (Phi) is 3.72. The molecule has 136 valence electrons. The first kappa shape index (κ1) is 16.5. The van der Waals surface area contributed by atoms with E-state index < -0.39 is 0 Å². The molecule has 0 N–H and O–H groups in total. The van der Waals surface area contributed by atoms with E-state index >= 15 is 0 Å². The molecule has 0 saturated heterocycles. The zero-order valence-electron chi connectivity index (χ0n) is 15.8. The van der Waals surface area contributed by atoms with Crippen molar-refractivity contribution in [3.8, 4) is 0 Å². The summed E-state index contributed by atoms with van der Waals surface area (Å²) in [6, 6.07) is 23.2. The maximum atomic E-state index is 2.43. The highest BCUT2D eigenvalue weighted by Gasteiger charge is 2.11. The fraction of sp³-hybridized carbons (Fsp3) is 0.154. The Morgan fingerprint density at radius 1 is 0.607 bits per heavy atom. The van der Waals surface area contributed by atoms with Crippen molar-refractivity contribution < 1.29 is 0 Å². The van der Waals surface area contributed by atoms with Crippen LogP contribution in [-0.4, -0.2) is 0 Å². The van der Waals surface area contributed by atoms with Crippen LogP contribution in [0.3, 0.4) is 0 Å². The molecule has 0 fully saturated rings. The fourth-order valence-corrected chi connectivity index (χ4v) is 6.46. The standard InChI is InChI=1S/C26H20S2/c1-2-3-4-16-15-24-22-8-6-17-18(20(22)10-12-26(24)28-16)5-7-21-19(17)9-11-25-23(21)13-14-27-25/h5-15H,2-4H2,1H3. The molecule has 0 saturated carbocycles. The molecule has 2 aromatic heterocycles. The Bertz CT molecular complexity index is 1500. The van der Waals surface area contributed by atoms with Gasteiger partial charge < -0.3 is 0 Å². The zero-order valence-corrected chi connectivity index (χ0v) is 17.4. The average molecular weight is 397 g/mol. The summed E-state index contributed by atoms with van der Waals surface area (Å²) in [4.78, 5) is 1.52. The van der Waals surface area contributed by atoms with Gasteiger partial charge >= 0.3 is 0 Å². The molecule has 2 heteroatoms. The number of benzene rings is 4. The highest BCUT2D eigenvalue weighted by atomic mass is 32.1. The summed E-state index contributed by atoms with van der Waals surface area (Å²) in [5, 5.41) is 13.2. The van der Waals surface area contributed by atoms with Gasteiger partial charge in [0.2, 0.25) is 0 Å². The minimum Gasteiger partial charge on any atom is -0.144 e. The molecule has 0 spiro atoms. The topological polar surface area (TPSA) is 0 Å². The molecule has 0 aliphatic carbocycles. The fourth-order valence-electron chi connectivity index (χ4n) is 4.54. The van der Waals surface area contributed by atoms with Crippen LogP contribution in [0.25, 0.3) is 52.5 Å². The Labute approximate surface area is 172 Å². The van der Waals surface area contributed by atoms with Crippen molar-refractivity contribution in [1.29, 1.82) is 0 Å². The van der Waals surface area contributed by atoms with Gasteiger partial charge in [-0.25, -0.2) is 0 Å². The first-order chi connectivity index (χ1) is 13.8. The van der Waals surface area contributed by atoms with E-state index in [1.54, 1.807) is 0 Å². The van der Waals surface area contributed by atoms with Gasteiger partial charge in [-0.2, -0.15) is 0 Å². The summed E-state index contributed by atoms with van der Waals surface area (Å²) in [5.41, 5.74) is 0. The summed E-state index contributed by atoms with van der Waals surface area (Å²) in [5.74, 6) is 0. The van der Waals surface area contributed by atoms with E-state index in [-0.39, 0.29) is 0 Å². The number of hydrogen-bond acceptors (Lipinski definition) is 2. The molecule has 0 amide bonds. The molecule has 0 atom stereocenters. The smallest absolute Gasteiger partial charge is 0.0352 e. The molecule has 0 radical (unpaired) electrons. The van der Waals surface area contributed by atoms with Crippen molar-refractivity contribution in [3.05, 3.63) is 70.9 Å². The lowest BCUT2D eigenvalue weighted by Gasteiger charge is -2.09. The predicted octanol–water partition coefficient (Wildman–Crippen LogP) is 8.92. The van der Waals surface area contributed by atoms with Gasteiger partial charge in [-0.1, -0.05) is 49.7 Å². The van der Waals surface area contributed by atoms with Gasteiger partial charge in [-0.15, -0.1) is 22.7 Å². The molecule has 28 heavy (non-hydrogen) atoms. The summed E-state index contributed by atoms with van der Waals surface area (Å²) in [6.07, 6.45) is 3.73. The van der Waals surface area contributed by atoms with E-state index in [0.717, 1.165) is 0 Å². The molecule has 0 nitrogen and oxygen atoms in total. The Hall–Kier alpha value is -2.42. The van der Waals surface area contributed by atoms with Gasteiger partial charge in [-0.3, -0.25) is 0 Å². The van der Waals surface area contributed by atoms with Crippen LogP contribution in [0.5, 0.6) is 0 Å². The minimum atomic E-state index is 1.20. The van der Waals surface area contributed by atoms with Crippen LogP contribution in [0, 0.1) is 0 Å². The molecular formula is C26H20S2. The van der Waals surface area contributed by atoms with Crippen molar-refractivity contribution in [2.45, 2.75) is 26.2 Å². The summed E-state index contributed by atoms with van der Waals surface area (Å²) in [6.45, 7) is 2.27. The average Bonchev–Trinajstić information content (AvgIpc) is 3.37. The molecule has 2 heterocycles. The quantitative estimate of drug-likeness (QED) is 0.262. The number of rotatable bonds is 3. The van der Waals surface area contributed by atoms with Crippen LogP contribution in [0.15, 0.2) is 66.0 Å². The molecule has 0 unspecified atom stereocenters. The van der Waals surface area contributed by atoms with E-state index in [9.17, 15) is 0 Å². The first-order valence-corrected chi connectivity index (χ1v) is 11.7. The van der Waals surface area contributed by atoms with Gasteiger partial charge in [0.1, 0.15) is 0 Å². The van der Waals surface area contributed by atoms with Crippen LogP contribution < -0.4 is 0 Å². The molecule has 6 rings (SSSR count). The van der Waals surface area contributed by atoms with Gasteiger partial charge in [0.25, 0.3) is 0 Å². The van der Waals surface area contributed by atoms with Crippen molar-refractivity contribution in [2.24, 2.45) is 0 Å². The Balaban J connectivity index is 1.66. The summed E-state index contributed by atoms with van der Waals surface area (Å²) >= 11 is 3.78. The minimum absolute atomic E-state index is 1.20. The lowest BCUT2D eigenvalue weighted by molar-refractivity contribution is 0.804. The lowest BCUT2D eigenvalue weighted by atomic mass is 9.95. The van der Waals surface area contributed by atoms with E-state index in [2.05, 4.69) is 73.0 Å². The maximum Gasteiger partial charge on any atom is 0.0352 e. The third-order valence-corrected chi connectivity index (χ3v) is 7.99. The van der Waals surface area contributed by atoms with E-state index in [0.29, 0.717) is 0 Å². The van der Waals surface area contributed by atoms with Crippen molar-refractivity contribution >= 4 is 75.2 Å². The summed E-state index contributed by atoms with van der Waals surface area (Å²) < 4.78 is 2.78. The second-order valence-corrected chi connectivity index (χ2v) is 9.72. The zero-order chi connectivity index (χ0) is 18.7. The number of unbranched alkanes of at least 4 members (excludes halogenated alkanes) is 1. The third-order valence-electron chi connectivity index (χ3n) is 5.95. The van der Waals surface area contributed by atoms with Gasteiger partial charge in [0, 0.05) is 25.0 Å². The molecule has 0 bridgehead atoms.